The van der Waals surface area contributed by atoms with Gasteiger partial charge in [0.2, 0.25) is 0 Å². The number of carbonyl (C=O) groups excluding carboxylic acids is 1. The van der Waals surface area contributed by atoms with E-state index in [0.717, 1.165) is 51.5 Å². The Labute approximate surface area is 146 Å². The van der Waals surface area contributed by atoms with E-state index in [1.54, 1.807) is 4.90 Å². The summed E-state index contributed by atoms with van der Waals surface area (Å²) in [6, 6.07) is 11.1. The van der Waals surface area contributed by atoms with E-state index in [1.807, 2.05) is 0 Å². The molecule has 0 spiro atoms. The lowest BCUT2D eigenvalue weighted by Gasteiger charge is -2.31. The number of benzene rings is 1. The predicted molar refractivity (Wildman–Crippen MR) is 96.0 cm³/mol. The van der Waals surface area contributed by atoms with Gasteiger partial charge in [-0.1, -0.05) is 37.3 Å². The van der Waals surface area contributed by atoms with Crippen LogP contribution in [0.15, 0.2) is 30.3 Å². The minimum absolute atomic E-state index is 0.260. The van der Waals surface area contributed by atoms with Crippen molar-refractivity contribution in [3.05, 3.63) is 35.9 Å². The summed E-state index contributed by atoms with van der Waals surface area (Å²) < 4.78 is 0. The van der Waals surface area contributed by atoms with Gasteiger partial charge in [0, 0.05) is 30.4 Å². The smallest absolute Gasteiger partial charge is 0.275 e. The average molecular weight is 332 g/mol. The third kappa shape index (κ3) is 5.32. The van der Waals surface area contributed by atoms with Crippen LogP contribution in [0, 0.1) is 5.92 Å². The fourth-order valence-corrected chi connectivity index (χ4v) is 4.30. The SMILES string of the molecule is C[C@H]1CCC[NH+](CC(=O)NC2CC[NH+](Cc3ccccc3)CC2)C1. The summed E-state index contributed by atoms with van der Waals surface area (Å²) >= 11 is 0. The average Bonchev–Trinajstić information content (AvgIpc) is 2.57. The molecule has 0 bridgehead atoms. The maximum Gasteiger partial charge on any atom is 0.275 e. The molecule has 1 aromatic carbocycles. The van der Waals surface area contributed by atoms with Crippen LogP contribution in [0.3, 0.4) is 0 Å². The summed E-state index contributed by atoms with van der Waals surface area (Å²) in [5.41, 5.74) is 1.41. The van der Waals surface area contributed by atoms with E-state index in [2.05, 4.69) is 42.6 Å². The molecule has 2 fully saturated rings. The van der Waals surface area contributed by atoms with Gasteiger partial charge in [0.25, 0.3) is 5.91 Å². The van der Waals surface area contributed by atoms with Crippen LogP contribution in [0.1, 0.15) is 38.2 Å². The molecule has 0 aromatic heterocycles. The van der Waals surface area contributed by atoms with Gasteiger partial charge in [-0.05, 0) is 12.8 Å². The standard InChI is InChI=1S/C20H31N3O/c1-17-6-5-11-23(14-17)16-20(24)21-19-9-12-22(13-10-19)15-18-7-3-2-4-8-18/h2-4,7-8,17,19H,5-6,9-16H2,1H3,(H,21,24)/p+2/t17-/m0/s1. The molecule has 2 heterocycles. The summed E-state index contributed by atoms with van der Waals surface area (Å²) in [7, 11) is 0. The second-order valence-electron chi connectivity index (χ2n) is 7.88. The lowest BCUT2D eigenvalue weighted by Crippen LogP contribution is -3.14. The summed E-state index contributed by atoms with van der Waals surface area (Å²) in [6.45, 7) is 8.73. The van der Waals surface area contributed by atoms with Crippen LogP contribution < -0.4 is 15.1 Å². The van der Waals surface area contributed by atoms with Crippen LogP contribution in [-0.2, 0) is 11.3 Å². The van der Waals surface area contributed by atoms with Crippen molar-refractivity contribution in [2.75, 3.05) is 32.7 Å². The molecule has 0 aliphatic carbocycles. The second kappa shape index (κ2) is 8.63. The molecule has 132 valence electrons. The van der Waals surface area contributed by atoms with Gasteiger partial charge in [-0.2, -0.15) is 0 Å². The quantitative estimate of drug-likeness (QED) is 0.679. The Balaban J connectivity index is 1.36. The molecule has 3 N–H and O–H groups in total. The van der Waals surface area contributed by atoms with Crippen molar-refractivity contribution < 1.29 is 14.6 Å². The number of quaternary nitrogens is 2. The van der Waals surface area contributed by atoms with E-state index in [9.17, 15) is 4.79 Å². The summed E-state index contributed by atoms with van der Waals surface area (Å²) in [5.74, 6) is 1.03. The highest BCUT2D eigenvalue weighted by molar-refractivity contribution is 5.77. The van der Waals surface area contributed by atoms with Crippen LogP contribution >= 0.6 is 0 Å². The molecule has 4 nitrogen and oxygen atoms in total. The predicted octanol–water partition coefficient (Wildman–Crippen LogP) is -0.335. The molecule has 2 atom stereocenters. The van der Waals surface area contributed by atoms with Crippen molar-refractivity contribution in [1.29, 1.82) is 0 Å². The summed E-state index contributed by atoms with van der Waals surface area (Å²) in [4.78, 5) is 15.4. The largest absolute Gasteiger partial charge is 0.348 e. The second-order valence-corrected chi connectivity index (χ2v) is 7.88. The Kier molecular flexibility index (Phi) is 6.27. The van der Waals surface area contributed by atoms with Gasteiger partial charge in [-0.15, -0.1) is 0 Å². The van der Waals surface area contributed by atoms with E-state index in [-0.39, 0.29) is 5.91 Å². The van der Waals surface area contributed by atoms with Crippen molar-refractivity contribution in [1.82, 2.24) is 5.32 Å². The van der Waals surface area contributed by atoms with Crippen LogP contribution in [-0.4, -0.2) is 44.7 Å². The Morgan fingerprint density at radius 3 is 2.54 bits per heavy atom. The fourth-order valence-electron chi connectivity index (χ4n) is 4.30. The van der Waals surface area contributed by atoms with Crippen LogP contribution in [0.2, 0.25) is 0 Å². The van der Waals surface area contributed by atoms with Crippen molar-refractivity contribution in [3.8, 4) is 0 Å². The van der Waals surface area contributed by atoms with E-state index in [1.165, 1.54) is 23.3 Å². The highest BCUT2D eigenvalue weighted by atomic mass is 16.2. The van der Waals surface area contributed by atoms with Crippen LogP contribution in [0.25, 0.3) is 0 Å². The monoisotopic (exact) mass is 331 g/mol. The van der Waals surface area contributed by atoms with Crippen LogP contribution in [0.4, 0.5) is 0 Å². The van der Waals surface area contributed by atoms with Crippen LogP contribution in [0.5, 0.6) is 0 Å². The molecule has 0 radical (unpaired) electrons. The highest BCUT2D eigenvalue weighted by Crippen LogP contribution is 2.05. The van der Waals surface area contributed by atoms with Gasteiger partial charge in [-0.3, -0.25) is 4.79 Å². The molecular formula is C20H33N3O+2. The molecule has 24 heavy (non-hydrogen) atoms. The molecule has 0 saturated carbocycles. The lowest BCUT2D eigenvalue weighted by atomic mass is 10.0. The van der Waals surface area contributed by atoms with Gasteiger partial charge < -0.3 is 15.1 Å². The molecule has 2 saturated heterocycles. The van der Waals surface area contributed by atoms with E-state index < -0.39 is 0 Å². The maximum absolute atomic E-state index is 12.3. The number of piperidine rings is 2. The molecule has 2 aliphatic rings. The van der Waals surface area contributed by atoms with E-state index in [4.69, 9.17) is 0 Å². The maximum atomic E-state index is 12.3. The Bertz CT molecular complexity index is 511. The zero-order valence-corrected chi connectivity index (χ0v) is 15.0. The molecule has 1 unspecified atom stereocenters. The normalized spacial score (nSPS) is 30.7. The third-order valence-electron chi connectivity index (χ3n) is 5.63. The number of amides is 1. The Morgan fingerprint density at radius 2 is 1.83 bits per heavy atom. The van der Waals surface area contributed by atoms with Crippen molar-refractivity contribution in [2.45, 2.75) is 45.2 Å². The van der Waals surface area contributed by atoms with Gasteiger partial charge >= 0.3 is 0 Å². The topological polar surface area (TPSA) is 38.0 Å². The molecule has 1 aromatic rings. The minimum Gasteiger partial charge on any atom is -0.348 e. The number of nitrogens with one attached hydrogen (secondary N) is 3. The van der Waals surface area contributed by atoms with Gasteiger partial charge in [0.15, 0.2) is 6.54 Å². The Morgan fingerprint density at radius 1 is 1.08 bits per heavy atom. The molecule has 4 heteroatoms. The van der Waals surface area contributed by atoms with Crippen molar-refractivity contribution in [3.63, 3.8) is 0 Å². The molecule has 3 rings (SSSR count). The number of likely N-dealkylation sites (tertiary alicyclic amines) is 2. The minimum atomic E-state index is 0.260. The van der Waals surface area contributed by atoms with Gasteiger partial charge in [-0.25, -0.2) is 0 Å². The first-order valence-electron chi connectivity index (χ1n) is 9.69. The number of hydrogen-bond donors (Lipinski definition) is 3. The van der Waals surface area contributed by atoms with Crippen molar-refractivity contribution >= 4 is 5.91 Å². The number of hydrogen-bond acceptors (Lipinski definition) is 1. The summed E-state index contributed by atoms with van der Waals surface area (Å²) in [6.07, 6.45) is 4.82. The molecular weight excluding hydrogens is 298 g/mol. The number of rotatable bonds is 5. The Hall–Kier alpha value is -1.39. The first-order chi connectivity index (χ1) is 11.7. The first-order valence-corrected chi connectivity index (χ1v) is 9.69. The van der Waals surface area contributed by atoms with Gasteiger partial charge in [0.05, 0.1) is 26.2 Å². The van der Waals surface area contributed by atoms with E-state index >= 15 is 0 Å². The van der Waals surface area contributed by atoms with E-state index in [0.29, 0.717) is 12.6 Å². The zero-order chi connectivity index (χ0) is 16.8. The van der Waals surface area contributed by atoms with Crippen molar-refractivity contribution in [2.24, 2.45) is 5.92 Å². The lowest BCUT2D eigenvalue weighted by molar-refractivity contribution is -0.918. The molecule has 1 amide bonds. The first kappa shape index (κ1) is 17.4. The third-order valence-corrected chi connectivity index (χ3v) is 5.63. The number of carbonyl (C=O) groups is 1. The zero-order valence-electron chi connectivity index (χ0n) is 15.0. The van der Waals surface area contributed by atoms with Gasteiger partial charge in [0.1, 0.15) is 6.54 Å². The molecule has 2 aliphatic heterocycles. The highest BCUT2D eigenvalue weighted by Gasteiger charge is 2.26. The summed E-state index contributed by atoms with van der Waals surface area (Å²) in [5, 5.41) is 3.29. The fraction of sp³-hybridized carbons (Fsp3) is 0.650.